The van der Waals surface area contributed by atoms with Crippen LogP contribution in [0.3, 0.4) is 0 Å². The zero-order valence-corrected chi connectivity index (χ0v) is 17.1. The Kier molecular flexibility index (Phi) is 6.89. The number of aromatic nitrogens is 2. The molecule has 0 radical (unpaired) electrons. The molecule has 2 rings (SSSR count). The lowest BCUT2D eigenvalue weighted by molar-refractivity contribution is -0.180. The van der Waals surface area contributed by atoms with E-state index in [-0.39, 0.29) is 34.2 Å². The van der Waals surface area contributed by atoms with Gasteiger partial charge in [0.1, 0.15) is 5.75 Å². The Morgan fingerprint density at radius 3 is 2.45 bits per heavy atom. The van der Waals surface area contributed by atoms with E-state index in [0.717, 1.165) is 13.8 Å². The summed E-state index contributed by atoms with van der Waals surface area (Å²) in [7, 11) is 0. The number of benzene rings is 1. The second kappa shape index (κ2) is 8.82. The highest BCUT2D eigenvalue weighted by Crippen LogP contribution is 2.42. The quantitative estimate of drug-likeness (QED) is 0.679. The molecular weight excluding hydrogens is 407 g/mol. The largest absolute Gasteiger partial charge is 0.436 e. The van der Waals surface area contributed by atoms with Gasteiger partial charge in [-0.1, -0.05) is 23.7 Å². The molecule has 1 amide bonds. The first-order valence-corrected chi connectivity index (χ1v) is 9.10. The van der Waals surface area contributed by atoms with Gasteiger partial charge >= 0.3 is 6.18 Å². The number of ether oxygens (including phenoxy) is 1. The zero-order valence-electron chi connectivity index (χ0n) is 16.3. The maximum absolute atomic E-state index is 13.2. The first kappa shape index (κ1) is 22.7. The molecule has 2 aromatic rings. The van der Waals surface area contributed by atoms with Crippen LogP contribution in [0.1, 0.15) is 39.0 Å². The Morgan fingerprint density at radius 1 is 1.24 bits per heavy atom. The molecule has 0 aliphatic heterocycles. The monoisotopic (exact) mass is 427 g/mol. The molecule has 0 bridgehead atoms. The summed E-state index contributed by atoms with van der Waals surface area (Å²) in [6.45, 7) is 5.42. The summed E-state index contributed by atoms with van der Waals surface area (Å²) in [5, 5.41) is 2.74. The van der Waals surface area contributed by atoms with Gasteiger partial charge in [-0.2, -0.15) is 13.2 Å². The Balaban J connectivity index is 2.11. The van der Waals surface area contributed by atoms with Crippen molar-refractivity contribution in [2.45, 2.75) is 45.3 Å². The molecule has 156 valence electrons. The van der Waals surface area contributed by atoms with Gasteiger partial charge in [-0.3, -0.25) is 4.79 Å². The van der Waals surface area contributed by atoms with Crippen LogP contribution in [0.5, 0.6) is 11.6 Å². The number of halogens is 4. The van der Waals surface area contributed by atoms with Crippen LogP contribution in [-0.4, -0.2) is 28.1 Å². The van der Waals surface area contributed by atoms with Crippen molar-refractivity contribution in [2.75, 3.05) is 0 Å². The van der Waals surface area contributed by atoms with Gasteiger partial charge in [0.25, 0.3) is 0 Å². The van der Waals surface area contributed by atoms with Crippen LogP contribution in [0.25, 0.3) is 6.08 Å². The van der Waals surface area contributed by atoms with E-state index in [4.69, 9.17) is 16.3 Å². The number of rotatable bonds is 6. The Morgan fingerprint density at radius 2 is 1.93 bits per heavy atom. The molecule has 0 saturated carbocycles. The van der Waals surface area contributed by atoms with Crippen molar-refractivity contribution in [3.63, 3.8) is 0 Å². The highest BCUT2D eigenvalue weighted by Gasteiger charge is 2.48. The highest BCUT2D eigenvalue weighted by atomic mass is 35.5. The van der Waals surface area contributed by atoms with Gasteiger partial charge in [0.2, 0.25) is 11.8 Å². The third kappa shape index (κ3) is 5.93. The van der Waals surface area contributed by atoms with Gasteiger partial charge in [0, 0.05) is 13.0 Å². The van der Waals surface area contributed by atoms with Gasteiger partial charge in [0.15, 0.2) is 0 Å². The molecular formula is C20H21ClF3N3O2. The van der Waals surface area contributed by atoms with Gasteiger partial charge in [-0.05, 0) is 44.5 Å². The van der Waals surface area contributed by atoms with Crippen LogP contribution in [-0.2, 0) is 10.2 Å². The smallest absolute Gasteiger partial charge is 0.397 e. The lowest BCUT2D eigenvalue weighted by Gasteiger charge is -2.28. The van der Waals surface area contributed by atoms with Crippen molar-refractivity contribution in [3.8, 4) is 11.6 Å². The summed E-state index contributed by atoms with van der Waals surface area (Å²) in [6.07, 6.45) is 1.86. The molecule has 0 spiro atoms. The van der Waals surface area contributed by atoms with Crippen molar-refractivity contribution in [1.82, 2.24) is 15.3 Å². The third-order valence-corrected chi connectivity index (χ3v) is 4.51. The molecule has 5 nitrogen and oxygen atoms in total. The molecule has 1 N–H and O–H groups in total. The van der Waals surface area contributed by atoms with Crippen molar-refractivity contribution in [2.24, 2.45) is 0 Å². The van der Waals surface area contributed by atoms with Crippen molar-refractivity contribution >= 4 is 23.6 Å². The van der Waals surface area contributed by atoms with E-state index in [1.807, 2.05) is 6.92 Å². The van der Waals surface area contributed by atoms with Gasteiger partial charge < -0.3 is 10.1 Å². The molecule has 0 saturated heterocycles. The maximum Gasteiger partial charge on any atom is 0.397 e. The number of hydrogen-bond donors (Lipinski definition) is 1. The normalized spacial score (nSPS) is 13.4. The molecule has 1 heterocycles. The summed E-state index contributed by atoms with van der Waals surface area (Å²) in [6, 6.07) is 3.76. The van der Waals surface area contributed by atoms with Crippen molar-refractivity contribution in [3.05, 3.63) is 52.9 Å². The minimum atomic E-state index is -4.41. The van der Waals surface area contributed by atoms with Crippen molar-refractivity contribution in [1.29, 1.82) is 0 Å². The number of carbonyl (C=O) groups is 1. The fourth-order valence-corrected chi connectivity index (χ4v) is 2.54. The number of nitrogens with zero attached hydrogens (tertiary/aromatic N) is 2. The van der Waals surface area contributed by atoms with Crippen LogP contribution < -0.4 is 10.1 Å². The predicted octanol–water partition coefficient (Wildman–Crippen LogP) is 5.30. The summed E-state index contributed by atoms with van der Waals surface area (Å²) >= 11 is 6.11. The minimum Gasteiger partial charge on any atom is -0.436 e. The second-order valence-electron chi connectivity index (χ2n) is 7.00. The summed E-state index contributed by atoms with van der Waals surface area (Å²) in [5.41, 5.74) is -1.47. The third-order valence-electron chi connectivity index (χ3n) is 4.21. The molecule has 1 aromatic heterocycles. The second-order valence-corrected chi connectivity index (χ2v) is 7.41. The zero-order chi connectivity index (χ0) is 21.8. The highest BCUT2D eigenvalue weighted by molar-refractivity contribution is 6.32. The van der Waals surface area contributed by atoms with Gasteiger partial charge in [-0.15, -0.1) is 0 Å². The summed E-state index contributed by atoms with van der Waals surface area (Å²) in [5.74, 6) is 0.172. The van der Waals surface area contributed by atoms with Crippen molar-refractivity contribution < 1.29 is 22.7 Å². The van der Waals surface area contributed by atoms with Crippen LogP contribution in [0.4, 0.5) is 13.2 Å². The van der Waals surface area contributed by atoms with Crippen LogP contribution in [0.15, 0.2) is 36.7 Å². The van der Waals surface area contributed by atoms with E-state index < -0.39 is 11.6 Å². The average Bonchev–Trinajstić information content (AvgIpc) is 2.61. The lowest BCUT2D eigenvalue weighted by Crippen LogP contribution is -2.36. The first-order valence-electron chi connectivity index (χ1n) is 8.72. The summed E-state index contributed by atoms with van der Waals surface area (Å²) in [4.78, 5) is 19.2. The number of nitrogens with one attached hydrogen (secondary N) is 1. The number of amides is 1. The van der Waals surface area contributed by atoms with E-state index in [0.29, 0.717) is 5.69 Å². The summed E-state index contributed by atoms with van der Waals surface area (Å²) < 4.78 is 45.1. The van der Waals surface area contributed by atoms with E-state index in [2.05, 4.69) is 15.3 Å². The molecule has 29 heavy (non-hydrogen) atoms. The molecule has 9 heteroatoms. The van der Waals surface area contributed by atoms with Crippen LogP contribution in [0, 0.1) is 0 Å². The predicted molar refractivity (Wildman–Crippen MR) is 105 cm³/mol. The average molecular weight is 428 g/mol. The number of carbonyl (C=O) groups excluding carboxylic acids is 1. The lowest BCUT2D eigenvalue weighted by atomic mass is 9.84. The number of alkyl halides is 3. The topological polar surface area (TPSA) is 64.1 Å². The maximum atomic E-state index is 13.2. The van der Waals surface area contributed by atoms with Crippen LogP contribution in [0.2, 0.25) is 5.02 Å². The Bertz CT molecular complexity index is 897. The molecule has 1 aromatic carbocycles. The molecule has 0 fully saturated rings. The molecule has 0 aliphatic rings. The van der Waals surface area contributed by atoms with E-state index in [9.17, 15) is 18.0 Å². The minimum absolute atomic E-state index is 0.0298. The standard InChI is InChI=1S/C20H21ClF3N3O2/c1-12(27-13(2)28)5-7-15-10-26-18(11-25-15)29-17-8-6-14(9-16(17)21)19(3,4)20(22,23)24/h5-12H,1-4H3,(H,27,28)/b7-5+/t12-/m0/s1. The Labute approximate surface area is 172 Å². The molecule has 0 unspecified atom stereocenters. The van der Waals surface area contributed by atoms with Gasteiger partial charge in [-0.25, -0.2) is 9.97 Å². The van der Waals surface area contributed by atoms with E-state index in [1.165, 1.54) is 37.5 Å². The SMILES string of the molecule is CC(=O)N[C@@H](C)/C=C/c1cnc(Oc2ccc(C(C)(C)C(F)(F)F)cc2Cl)cn1. The molecule has 0 aliphatic carbocycles. The van der Waals surface area contributed by atoms with Crippen LogP contribution >= 0.6 is 11.6 Å². The molecule has 1 atom stereocenters. The Hall–Kier alpha value is -2.61. The van der Waals surface area contributed by atoms with E-state index >= 15 is 0 Å². The van der Waals surface area contributed by atoms with Gasteiger partial charge in [0.05, 0.1) is 28.5 Å². The fourth-order valence-electron chi connectivity index (χ4n) is 2.33. The fraction of sp³-hybridized carbons (Fsp3) is 0.350. The van der Waals surface area contributed by atoms with E-state index in [1.54, 1.807) is 12.2 Å². The number of hydrogen-bond acceptors (Lipinski definition) is 4. The first-order chi connectivity index (χ1) is 13.4.